The van der Waals surface area contributed by atoms with Gasteiger partial charge in [-0.05, 0) is 97.5 Å². The lowest BCUT2D eigenvalue weighted by atomic mass is 9.85. The molecule has 0 bridgehead atoms. The predicted octanol–water partition coefficient (Wildman–Crippen LogP) is 8.12. The molecule has 53 heavy (non-hydrogen) atoms. The van der Waals surface area contributed by atoms with Gasteiger partial charge in [0.05, 0.1) is 54.9 Å². The molecule has 1 aliphatic rings. The van der Waals surface area contributed by atoms with Crippen molar-refractivity contribution in [1.82, 2.24) is 0 Å². The smallest absolute Gasteiger partial charge is 0.203 e. The molecule has 1 aliphatic heterocycles. The molecule has 1 fully saturated rings. The van der Waals surface area contributed by atoms with Crippen LogP contribution in [-0.2, 0) is 4.74 Å². The summed E-state index contributed by atoms with van der Waals surface area (Å²) in [6, 6.07) is 21.3. The number of rotatable bonds is 16. The number of Topliss-reactive ketones (excluding diaryl/α,β-unsaturated/α-hetero) is 2. The number of methoxy groups -OCH3 is 6. The molecule has 0 radical (unpaired) electrons. The first-order chi connectivity index (χ1) is 25.5. The van der Waals surface area contributed by atoms with Crippen molar-refractivity contribution in [3.8, 4) is 46.0 Å². The Morgan fingerprint density at radius 1 is 0.472 bits per heavy atom. The number of carbonyl (C=O) groups excluding carboxylic acids is 2. The topological polar surface area (TPSA) is 117 Å². The predicted molar refractivity (Wildman–Crippen MR) is 199 cm³/mol. The van der Waals surface area contributed by atoms with E-state index < -0.39 is 12.2 Å². The van der Waals surface area contributed by atoms with Crippen LogP contribution in [0.15, 0.2) is 72.8 Å². The molecule has 0 saturated carbocycles. The van der Waals surface area contributed by atoms with Gasteiger partial charge >= 0.3 is 0 Å². The normalized spacial score (nSPS) is 19.1. The molecule has 5 rings (SSSR count). The van der Waals surface area contributed by atoms with E-state index in [0.717, 1.165) is 11.1 Å². The highest BCUT2D eigenvalue weighted by atomic mass is 16.5. The summed E-state index contributed by atoms with van der Waals surface area (Å²) in [5, 5.41) is 0. The third-order valence-corrected chi connectivity index (χ3v) is 9.79. The molecule has 282 valence electrons. The molecule has 0 aliphatic carbocycles. The highest BCUT2D eigenvalue weighted by Crippen LogP contribution is 2.51. The van der Waals surface area contributed by atoms with Crippen molar-refractivity contribution in [2.24, 2.45) is 11.8 Å². The number of carbonyl (C=O) groups is 2. The van der Waals surface area contributed by atoms with Crippen LogP contribution in [0.3, 0.4) is 0 Å². The van der Waals surface area contributed by atoms with Crippen LogP contribution in [0.25, 0.3) is 0 Å². The molecule has 1 saturated heterocycles. The summed E-state index contributed by atoms with van der Waals surface area (Å²) in [5.74, 6) is 3.69. The molecular formula is C42H48O11. The molecule has 4 aromatic carbocycles. The van der Waals surface area contributed by atoms with E-state index >= 15 is 0 Å². The molecule has 11 nitrogen and oxygen atoms in total. The lowest BCUT2D eigenvalue weighted by Crippen LogP contribution is -2.24. The van der Waals surface area contributed by atoms with Gasteiger partial charge in [0.1, 0.15) is 0 Å². The van der Waals surface area contributed by atoms with Crippen molar-refractivity contribution >= 4 is 11.6 Å². The molecule has 11 heteroatoms. The average Bonchev–Trinajstić information content (AvgIpc) is 3.49. The van der Waals surface area contributed by atoms with Gasteiger partial charge in [-0.2, -0.15) is 0 Å². The van der Waals surface area contributed by atoms with Crippen LogP contribution in [0.5, 0.6) is 46.0 Å². The van der Waals surface area contributed by atoms with Crippen molar-refractivity contribution in [1.29, 1.82) is 0 Å². The summed E-state index contributed by atoms with van der Waals surface area (Å²) in [6.45, 7) is 7.71. The average molecular weight is 729 g/mol. The number of hydrogen-bond donors (Lipinski definition) is 0. The Morgan fingerprint density at radius 2 is 0.792 bits per heavy atom. The third-order valence-electron chi connectivity index (χ3n) is 9.79. The number of ether oxygens (including phenoxy) is 9. The largest absolute Gasteiger partial charge is 0.493 e. The number of benzene rings is 4. The minimum atomic E-state index is -0.798. The fraction of sp³-hybridized carbons (Fsp3) is 0.381. The summed E-state index contributed by atoms with van der Waals surface area (Å²) in [4.78, 5) is 26.5. The molecule has 0 spiro atoms. The SMILES string of the molecule is COc1ccc(C(=O)C(C)Oc2ccc([C@H]3OC(c4ccc(O[C@H](C)C(=O)c5ccc(OC)c(OC)c5)c(OC)c4)C(C)[C@H]3C)cc2OC)cc1OC. The number of ketones is 2. The monoisotopic (exact) mass is 728 g/mol. The van der Waals surface area contributed by atoms with Crippen molar-refractivity contribution in [2.75, 3.05) is 42.7 Å². The van der Waals surface area contributed by atoms with Crippen LogP contribution >= 0.6 is 0 Å². The second kappa shape index (κ2) is 16.9. The summed E-state index contributed by atoms with van der Waals surface area (Å²) >= 11 is 0. The zero-order chi connectivity index (χ0) is 38.4. The second-order valence-electron chi connectivity index (χ2n) is 12.9. The molecular weight excluding hydrogens is 680 g/mol. The van der Waals surface area contributed by atoms with E-state index in [4.69, 9.17) is 42.6 Å². The van der Waals surface area contributed by atoms with Crippen LogP contribution in [0, 0.1) is 11.8 Å². The number of hydrogen-bond acceptors (Lipinski definition) is 11. The van der Waals surface area contributed by atoms with E-state index in [0.29, 0.717) is 57.1 Å². The van der Waals surface area contributed by atoms with Gasteiger partial charge < -0.3 is 42.6 Å². The zero-order valence-corrected chi connectivity index (χ0v) is 31.9. The minimum absolute atomic E-state index is 0.142. The quantitative estimate of drug-likeness (QED) is 0.104. The van der Waals surface area contributed by atoms with E-state index in [1.54, 1.807) is 90.8 Å². The van der Waals surface area contributed by atoms with Crippen LogP contribution in [0.4, 0.5) is 0 Å². The Bertz CT molecular complexity index is 1780. The van der Waals surface area contributed by atoms with Gasteiger partial charge in [-0.1, -0.05) is 26.0 Å². The van der Waals surface area contributed by atoms with Crippen LogP contribution < -0.4 is 37.9 Å². The summed E-state index contributed by atoms with van der Waals surface area (Å²) in [7, 11) is 9.26. The highest BCUT2D eigenvalue weighted by Gasteiger charge is 2.41. The van der Waals surface area contributed by atoms with Gasteiger partial charge in [-0.15, -0.1) is 0 Å². The van der Waals surface area contributed by atoms with Crippen LogP contribution in [0.1, 0.15) is 71.7 Å². The van der Waals surface area contributed by atoms with E-state index in [1.807, 2.05) is 24.3 Å². The molecule has 1 heterocycles. The van der Waals surface area contributed by atoms with Crippen molar-refractivity contribution < 1.29 is 52.2 Å². The summed E-state index contributed by atoms with van der Waals surface area (Å²) in [6.07, 6.45) is -2.09. The molecule has 4 aromatic rings. The highest BCUT2D eigenvalue weighted by molar-refractivity contribution is 6.00. The minimum Gasteiger partial charge on any atom is -0.493 e. The molecule has 6 atom stereocenters. The molecule has 0 amide bonds. The Hall–Kier alpha value is -5.42. The maximum atomic E-state index is 13.3. The molecule has 0 aromatic heterocycles. The van der Waals surface area contributed by atoms with Gasteiger partial charge in [0.15, 0.2) is 58.2 Å². The van der Waals surface area contributed by atoms with Gasteiger partial charge in [0, 0.05) is 11.1 Å². The first-order valence-corrected chi connectivity index (χ1v) is 17.3. The van der Waals surface area contributed by atoms with Gasteiger partial charge in [0.2, 0.25) is 11.6 Å². The van der Waals surface area contributed by atoms with E-state index in [1.165, 1.54) is 14.2 Å². The Morgan fingerprint density at radius 3 is 1.13 bits per heavy atom. The van der Waals surface area contributed by atoms with E-state index in [9.17, 15) is 9.59 Å². The van der Waals surface area contributed by atoms with Crippen molar-refractivity contribution in [2.45, 2.75) is 52.1 Å². The van der Waals surface area contributed by atoms with Crippen molar-refractivity contribution in [3.05, 3.63) is 95.1 Å². The lowest BCUT2D eigenvalue weighted by Gasteiger charge is -2.21. The fourth-order valence-electron chi connectivity index (χ4n) is 6.57. The van der Waals surface area contributed by atoms with Crippen LogP contribution in [-0.4, -0.2) is 66.4 Å². The maximum Gasteiger partial charge on any atom is 0.203 e. The first kappa shape index (κ1) is 38.8. The fourth-order valence-corrected chi connectivity index (χ4v) is 6.57. The Labute approximate surface area is 311 Å². The van der Waals surface area contributed by atoms with E-state index in [2.05, 4.69) is 13.8 Å². The third kappa shape index (κ3) is 8.15. The zero-order valence-electron chi connectivity index (χ0n) is 31.9. The lowest BCUT2D eigenvalue weighted by molar-refractivity contribution is 0.0287. The van der Waals surface area contributed by atoms with Gasteiger partial charge in [0.25, 0.3) is 0 Å². The van der Waals surface area contributed by atoms with Gasteiger partial charge in [-0.25, -0.2) is 0 Å². The van der Waals surface area contributed by atoms with E-state index in [-0.39, 0.29) is 35.6 Å². The Kier molecular flexibility index (Phi) is 12.4. The summed E-state index contributed by atoms with van der Waals surface area (Å²) < 4.78 is 51.7. The maximum absolute atomic E-state index is 13.3. The second-order valence-corrected chi connectivity index (χ2v) is 12.9. The van der Waals surface area contributed by atoms with Gasteiger partial charge in [-0.3, -0.25) is 9.59 Å². The molecule has 0 N–H and O–H groups in total. The molecule has 3 unspecified atom stereocenters. The summed E-state index contributed by atoms with van der Waals surface area (Å²) in [5.41, 5.74) is 2.72. The standard InChI is InChI=1S/C42H48O11/c1-23-24(2)42(30-14-18-34(38(22-30)50-10)52-26(4)40(44)28-12-16-32(46-6)36(20-28)48-8)53-41(23)29-13-17-33(37(21-29)49-9)51-25(3)39(43)27-11-15-31(45-5)35(19-27)47-7/h11-26,41-42H,1-10H3/t23-,24?,25?,26-,41+,42?/m1/s1. The Balaban J connectivity index is 1.29. The van der Waals surface area contributed by atoms with Crippen LogP contribution in [0.2, 0.25) is 0 Å². The first-order valence-electron chi connectivity index (χ1n) is 17.3. The van der Waals surface area contributed by atoms with Crippen molar-refractivity contribution in [3.63, 3.8) is 0 Å².